The lowest BCUT2D eigenvalue weighted by atomic mass is 10.1. The highest BCUT2D eigenvalue weighted by Gasteiger charge is 2.34. The number of rotatable bonds is 2. The lowest BCUT2D eigenvalue weighted by molar-refractivity contribution is -0.0221. The van der Waals surface area contributed by atoms with Crippen molar-refractivity contribution < 1.29 is 13.2 Å². The summed E-state index contributed by atoms with van der Waals surface area (Å²) in [5.74, 6) is -1.55. The molecule has 0 bridgehead atoms. The number of alkyl halides is 2. The first kappa shape index (κ1) is 13.0. The Kier molecular flexibility index (Phi) is 3.11. The van der Waals surface area contributed by atoms with Crippen molar-refractivity contribution in [1.82, 2.24) is 15.2 Å². The highest BCUT2D eigenvalue weighted by Crippen LogP contribution is 2.30. The Bertz CT molecular complexity index is 590. The number of aryl methyl sites for hydroxylation is 1. The van der Waals surface area contributed by atoms with Crippen molar-refractivity contribution in [3.8, 4) is 11.6 Å². The summed E-state index contributed by atoms with van der Waals surface area (Å²) in [5.41, 5.74) is 1.54. The first-order valence-corrected chi connectivity index (χ1v) is 6.41. The van der Waals surface area contributed by atoms with Crippen molar-refractivity contribution in [1.29, 1.82) is 0 Å². The van der Waals surface area contributed by atoms with E-state index in [4.69, 9.17) is 4.42 Å². The second kappa shape index (κ2) is 4.81. The summed E-state index contributed by atoms with van der Waals surface area (Å²) < 4.78 is 31.5. The monoisotopic (exact) mass is 280 g/mol. The summed E-state index contributed by atoms with van der Waals surface area (Å²) in [6.07, 6.45) is 0.956. The molecule has 0 N–H and O–H groups in total. The van der Waals surface area contributed by atoms with Gasteiger partial charge in [0, 0.05) is 25.9 Å². The van der Waals surface area contributed by atoms with Gasteiger partial charge in [-0.1, -0.05) is 0 Å². The Morgan fingerprint density at radius 3 is 2.65 bits per heavy atom. The lowest BCUT2D eigenvalue weighted by Crippen LogP contribution is -2.39. The molecule has 0 radical (unpaired) electrons. The van der Waals surface area contributed by atoms with Crippen molar-refractivity contribution >= 4 is 5.82 Å². The average molecular weight is 280 g/mol. The van der Waals surface area contributed by atoms with E-state index < -0.39 is 5.92 Å². The summed E-state index contributed by atoms with van der Waals surface area (Å²) in [6, 6.07) is 3.71. The fraction of sp³-hybridized carbons (Fsp3) is 0.462. The van der Waals surface area contributed by atoms with Crippen LogP contribution in [0.4, 0.5) is 14.6 Å². The molecule has 5 nitrogen and oxygen atoms in total. The molecule has 1 saturated heterocycles. The van der Waals surface area contributed by atoms with E-state index in [0.29, 0.717) is 30.5 Å². The van der Waals surface area contributed by atoms with Crippen LogP contribution in [0, 0.1) is 6.92 Å². The van der Waals surface area contributed by atoms with Crippen LogP contribution in [0.2, 0.25) is 0 Å². The summed E-state index contributed by atoms with van der Waals surface area (Å²) in [7, 11) is 0. The maximum absolute atomic E-state index is 13.2. The molecule has 2 aromatic heterocycles. The van der Waals surface area contributed by atoms with Crippen LogP contribution in [0.25, 0.3) is 11.6 Å². The predicted octanol–water partition coefficient (Wildman–Crippen LogP) is 2.68. The largest absolute Gasteiger partial charge is 0.422 e. The Labute approximate surface area is 114 Å². The fourth-order valence-electron chi connectivity index (χ4n) is 2.27. The van der Waals surface area contributed by atoms with Gasteiger partial charge >= 0.3 is 0 Å². The van der Waals surface area contributed by atoms with Crippen LogP contribution < -0.4 is 4.90 Å². The molecule has 0 unspecified atom stereocenters. The van der Waals surface area contributed by atoms with Gasteiger partial charge in [0.15, 0.2) is 0 Å². The van der Waals surface area contributed by atoms with Gasteiger partial charge in [-0.15, -0.1) is 10.2 Å². The standard InChI is InChI=1S/C13H14F2N4O/c1-9-6-10(12-18-16-8-20-12)17-11(7-9)19-4-2-13(14,15)3-5-19/h6-8H,2-5H2,1H3. The highest BCUT2D eigenvalue weighted by molar-refractivity contribution is 5.54. The molecule has 1 fully saturated rings. The molecule has 7 heteroatoms. The van der Waals surface area contributed by atoms with Gasteiger partial charge in [0.05, 0.1) is 0 Å². The zero-order valence-corrected chi connectivity index (χ0v) is 11.0. The van der Waals surface area contributed by atoms with Gasteiger partial charge in [0.2, 0.25) is 6.39 Å². The third kappa shape index (κ3) is 2.61. The van der Waals surface area contributed by atoms with E-state index in [1.54, 1.807) is 0 Å². The van der Waals surface area contributed by atoms with Crippen molar-refractivity contribution in [3.05, 3.63) is 24.1 Å². The van der Waals surface area contributed by atoms with Crippen LogP contribution in [-0.2, 0) is 0 Å². The molecule has 106 valence electrons. The van der Waals surface area contributed by atoms with E-state index in [1.807, 2.05) is 24.0 Å². The van der Waals surface area contributed by atoms with Crippen molar-refractivity contribution in [2.45, 2.75) is 25.7 Å². The van der Waals surface area contributed by atoms with Gasteiger partial charge < -0.3 is 9.32 Å². The Morgan fingerprint density at radius 1 is 1.25 bits per heavy atom. The number of piperidine rings is 1. The van der Waals surface area contributed by atoms with E-state index in [2.05, 4.69) is 15.2 Å². The van der Waals surface area contributed by atoms with Crippen LogP contribution in [0.15, 0.2) is 22.9 Å². The molecule has 0 aliphatic carbocycles. The molecular formula is C13H14F2N4O. The Balaban J connectivity index is 1.87. The number of anilines is 1. The van der Waals surface area contributed by atoms with Crippen LogP contribution in [0.3, 0.4) is 0 Å². The van der Waals surface area contributed by atoms with Crippen molar-refractivity contribution in [2.75, 3.05) is 18.0 Å². The third-order valence-electron chi connectivity index (χ3n) is 3.35. The SMILES string of the molecule is Cc1cc(-c2nnco2)nc(N2CCC(F)(F)CC2)c1. The molecule has 0 amide bonds. The molecule has 3 heterocycles. The van der Waals surface area contributed by atoms with E-state index >= 15 is 0 Å². The van der Waals surface area contributed by atoms with E-state index in [9.17, 15) is 8.78 Å². The second-order valence-corrected chi connectivity index (χ2v) is 4.97. The molecule has 1 aliphatic rings. The number of nitrogens with zero attached hydrogens (tertiary/aromatic N) is 4. The molecule has 2 aromatic rings. The van der Waals surface area contributed by atoms with Crippen LogP contribution in [-0.4, -0.2) is 34.2 Å². The molecule has 1 aliphatic heterocycles. The Morgan fingerprint density at radius 2 is 2.00 bits per heavy atom. The minimum atomic E-state index is -2.56. The number of hydrogen-bond acceptors (Lipinski definition) is 5. The van der Waals surface area contributed by atoms with Gasteiger partial charge in [0.1, 0.15) is 11.5 Å². The molecule has 0 atom stereocenters. The maximum Gasteiger partial charge on any atom is 0.266 e. The highest BCUT2D eigenvalue weighted by atomic mass is 19.3. The van der Waals surface area contributed by atoms with E-state index in [0.717, 1.165) is 5.56 Å². The van der Waals surface area contributed by atoms with E-state index in [-0.39, 0.29) is 12.8 Å². The lowest BCUT2D eigenvalue weighted by Gasteiger charge is -2.32. The maximum atomic E-state index is 13.2. The number of hydrogen-bond donors (Lipinski definition) is 0. The molecule has 0 saturated carbocycles. The van der Waals surface area contributed by atoms with Gasteiger partial charge in [-0.2, -0.15) is 0 Å². The topological polar surface area (TPSA) is 55.1 Å². The summed E-state index contributed by atoms with van der Waals surface area (Å²) in [6.45, 7) is 2.52. The number of aromatic nitrogens is 3. The minimum Gasteiger partial charge on any atom is -0.422 e. The molecule has 0 aromatic carbocycles. The normalized spacial score (nSPS) is 18.2. The fourth-order valence-corrected chi connectivity index (χ4v) is 2.27. The third-order valence-corrected chi connectivity index (χ3v) is 3.35. The first-order chi connectivity index (χ1) is 9.53. The first-order valence-electron chi connectivity index (χ1n) is 6.41. The molecule has 0 spiro atoms. The molecular weight excluding hydrogens is 266 g/mol. The smallest absolute Gasteiger partial charge is 0.266 e. The van der Waals surface area contributed by atoms with E-state index in [1.165, 1.54) is 6.39 Å². The molecule has 3 rings (SSSR count). The molecule has 20 heavy (non-hydrogen) atoms. The van der Waals surface area contributed by atoms with Gasteiger partial charge in [-0.05, 0) is 24.6 Å². The van der Waals surface area contributed by atoms with Gasteiger partial charge in [-0.3, -0.25) is 0 Å². The Hall–Kier alpha value is -2.05. The minimum absolute atomic E-state index is 0.140. The quantitative estimate of drug-likeness (QED) is 0.846. The second-order valence-electron chi connectivity index (χ2n) is 4.97. The van der Waals surface area contributed by atoms with Crippen molar-refractivity contribution in [3.63, 3.8) is 0 Å². The van der Waals surface area contributed by atoms with Crippen LogP contribution >= 0.6 is 0 Å². The zero-order chi connectivity index (χ0) is 14.2. The summed E-state index contributed by atoms with van der Waals surface area (Å²) in [4.78, 5) is 6.30. The van der Waals surface area contributed by atoms with Gasteiger partial charge in [-0.25, -0.2) is 13.8 Å². The average Bonchev–Trinajstić information content (AvgIpc) is 2.91. The predicted molar refractivity (Wildman–Crippen MR) is 68.7 cm³/mol. The number of pyridine rings is 1. The van der Waals surface area contributed by atoms with Crippen LogP contribution in [0.1, 0.15) is 18.4 Å². The summed E-state index contributed by atoms with van der Waals surface area (Å²) >= 11 is 0. The van der Waals surface area contributed by atoms with Crippen LogP contribution in [0.5, 0.6) is 0 Å². The number of halogens is 2. The zero-order valence-electron chi connectivity index (χ0n) is 11.0. The summed E-state index contributed by atoms with van der Waals surface area (Å²) in [5, 5.41) is 7.44. The van der Waals surface area contributed by atoms with Crippen molar-refractivity contribution in [2.24, 2.45) is 0 Å². The van der Waals surface area contributed by atoms with Gasteiger partial charge in [0.25, 0.3) is 11.8 Å².